The Morgan fingerprint density at radius 2 is 2.03 bits per heavy atom. The van der Waals surface area contributed by atoms with Crippen LogP contribution < -0.4 is 10.2 Å². The third-order valence-electron chi connectivity index (χ3n) is 5.17. The first-order valence-corrected chi connectivity index (χ1v) is 9.66. The highest BCUT2D eigenvalue weighted by Gasteiger charge is 2.27. The molecule has 30 heavy (non-hydrogen) atoms. The lowest BCUT2D eigenvalue weighted by molar-refractivity contribution is -0.384. The second kappa shape index (κ2) is 8.27. The Kier molecular flexibility index (Phi) is 5.38. The van der Waals surface area contributed by atoms with Gasteiger partial charge in [0.05, 0.1) is 10.8 Å². The molecule has 3 heterocycles. The van der Waals surface area contributed by atoms with Crippen molar-refractivity contribution in [3.8, 4) is 5.82 Å². The number of carbonyl (C=O) groups is 1. The topological polar surface area (TPSA) is 119 Å². The van der Waals surface area contributed by atoms with E-state index in [0.717, 1.165) is 25.2 Å². The summed E-state index contributed by atoms with van der Waals surface area (Å²) in [6.07, 6.45) is 5.11. The van der Waals surface area contributed by atoms with Gasteiger partial charge < -0.3 is 10.2 Å². The van der Waals surface area contributed by atoms with Gasteiger partial charge >= 0.3 is 0 Å². The molecule has 0 saturated carbocycles. The number of aromatic nitrogens is 4. The molecule has 0 radical (unpaired) electrons. The van der Waals surface area contributed by atoms with Crippen molar-refractivity contribution >= 4 is 23.1 Å². The fourth-order valence-corrected chi connectivity index (χ4v) is 3.55. The van der Waals surface area contributed by atoms with Gasteiger partial charge in [-0.2, -0.15) is 5.10 Å². The van der Waals surface area contributed by atoms with E-state index in [4.69, 9.17) is 0 Å². The van der Waals surface area contributed by atoms with Gasteiger partial charge in [-0.25, -0.2) is 4.68 Å². The zero-order valence-corrected chi connectivity index (χ0v) is 16.4. The van der Waals surface area contributed by atoms with Crippen LogP contribution in [0.25, 0.3) is 5.82 Å². The number of amides is 1. The van der Waals surface area contributed by atoms with Gasteiger partial charge in [-0.05, 0) is 49.6 Å². The maximum absolute atomic E-state index is 12.8. The lowest BCUT2D eigenvalue weighted by Gasteiger charge is -2.32. The molecule has 1 saturated heterocycles. The zero-order chi connectivity index (χ0) is 21.1. The van der Waals surface area contributed by atoms with E-state index in [1.165, 1.54) is 12.1 Å². The number of hydrogen-bond acceptors (Lipinski definition) is 7. The van der Waals surface area contributed by atoms with E-state index in [-0.39, 0.29) is 17.5 Å². The Morgan fingerprint density at radius 3 is 2.70 bits per heavy atom. The highest BCUT2D eigenvalue weighted by atomic mass is 16.6. The fraction of sp³-hybridized carbons (Fsp3) is 0.300. The van der Waals surface area contributed by atoms with Crippen molar-refractivity contribution in [3.63, 3.8) is 0 Å². The van der Waals surface area contributed by atoms with E-state index in [2.05, 4.69) is 25.5 Å². The van der Waals surface area contributed by atoms with Crippen LogP contribution in [-0.4, -0.2) is 43.9 Å². The second-order valence-corrected chi connectivity index (χ2v) is 7.23. The number of carbonyl (C=O) groups excluding carboxylic acids is 1. The molecule has 10 nitrogen and oxygen atoms in total. The molecule has 0 spiro atoms. The molecule has 10 heteroatoms. The predicted molar refractivity (Wildman–Crippen MR) is 111 cm³/mol. The summed E-state index contributed by atoms with van der Waals surface area (Å²) in [6.45, 7) is 3.08. The quantitative estimate of drug-likeness (QED) is 0.510. The summed E-state index contributed by atoms with van der Waals surface area (Å²) in [5.74, 6) is 1.04. The average Bonchev–Trinajstić information content (AvgIpc) is 3.30. The number of aryl methyl sites for hydroxylation is 1. The Balaban J connectivity index is 1.42. The van der Waals surface area contributed by atoms with Gasteiger partial charge in [0.1, 0.15) is 0 Å². The lowest BCUT2D eigenvalue weighted by atomic mass is 9.97. The van der Waals surface area contributed by atoms with Crippen LogP contribution in [0.15, 0.2) is 48.8 Å². The van der Waals surface area contributed by atoms with Crippen molar-refractivity contribution in [2.24, 2.45) is 5.92 Å². The Bertz CT molecular complexity index is 1050. The Hall–Kier alpha value is -3.82. The molecule has 2 aromatic heterocycles. The molecule has 1 fully saturated rings. The lowest BCUT2D eigenvalue weighted by Crippen LogP contribution is -2.41. The summed E-state index contributed by atoms with van der Waals surface area (Å²) in [7, 11) is 0. The molecule has 4 rings (SSSR count). The monoisotopic (exact) mass is 407 g/mol. The Morgan fingerprint density at radius 1 is 1.23 bits per heavy atom. The SMILES string of the molecule is Cc1cc([N+](=O)[O-])ccc1NC(=O)C1CCCN(c2ccc(-n3cccn3)nn2)C1. The number of hydrogen-bond donors (Lipinski definition) is 1. The number of non-ortho nitro benzene ring substituents is 1. The van der Waals surface area contributed by atoms with Gasteiger partial charge in [0.15, 0.2) is 11.6 Å². The van der Waals surface area contributed by atoms with E-state index in [9.17, 15) is 14.9 Å². The number of nitro benzene ring substituents is 1. The summed E-state index contributed by atoms with van der Waals surface area (Å²) in [4.78, 5) is 25.3. The molecule has 1 N–H and O–H groups in total. The number of anilines is 2. The first-order valence-electron chi connectivity index (χ1n) is 9.66. The van der Waals surface area contributed by atoms with Crippen molar-refractivity contribution in [1.29, 1.82) is 0 Å². The zero-order valence-electron chi connectivity index (χ0n) is 16.4. The highest BCUT2D eigenvalue weighted by molar-refractivity contribution is 5.93. The first-order chi connectivity index (χ1) is 14.5. The van der Waals surface area contributed by atoms with Gasteiger partial charge in [0, 0.05) is 43.3 Å². The summed E-state index contributed by atoms with van der Waals surface area (Å²) < 4.78 is 1.63. The van der Waals surface area contributed by atoms with Crippen LogP contribution in [0.4, 0.5) is 17.2 Å². The van der Waals surface area contributed by atoms with E-state index in [1.54, 1.807) is 30.1 Å². The van der Waals surface area contributed by atoms with Crippen molar-refractivity contribution in [3.05, 3.63) is 64.5 Å². The molecule has 1 amide bonds. The van der Waals surface area contributed by atoms with E-state index < -0.39 is 4.92 Å². The van der Waals surface area contributed by atoms with Crippen molar-refractivity contribution in [1.82, 2.24) is 20.0 Å². The molecule has 154 valence electrons. The van der Waals surface area contributed by atoms with Crippen LogP contribution in [0.3, 0.4) is 0 Å². The molecule has 1 aliphatic heterocycles. The molecule has 3 aromatic rings. The molecule has 0 bridgehead atoms. The molecule has 1 aromatic carbocycles. The van der Waals surface area contributed by atoms with Crippen LogP contribution >= 0.6 is 0 Å². The number of nitrogens with one attached hydrogen (secondary N) is 1. The third kappa shape index (κ3) is 4.12. The highest BCUT2D eigenvalue weighted by Crippen LogP contribution is 2.25. The normalized spacial score (nSPS) is 16.3. The van der Waals surface area contributed by atoms with Crippen LogP contribution in [0, 0.1) is 23.0 Å². The largest absolute Gasteiger partial charge is 0.354 e. The van der Waals surface area contributed by atoms with Gasteiger partial charge in [0.2, 0.25) is 5.91 Å². The minimum absolute atomic E-state index is 0.00599. The van der Waals surface area contributed by atoms with Crippen molar-refractivity contribution < 1.29 is 9.72 Å². The number of rotatable bonds is 5. The summed E-state index contributed by atoms with van der Waals surface area (Å²) in [6, 6.07) is 9.97. The maximum Gasteiger partial charge on any atom is 0.269 e. The fourth-order valence-electron chi connectivity index (χ4n) is 3.55. The molecule has 1 atom stereocenters. The predicted octanol–water partition coefficient (Wildman–Crippen LogP) is 2.73. The van der Waals surface area contributed by atoms with E-state index in [1.807, 2.05) is 18.2 Å². The molecular weight excluding hydrogens is 386 g/mol. The summed E-state index contributed by atoms with van der Waals surface area (Å²) in [5.41, 5.74) is 1.25. The van der Waals surface area contributed by atoms with Crippen LogP contribution in [0.5, 0.6) is 0 Å². The smallest absolute Gasteiger partial charge is 0.269 e. The maximum atomic E-state index is 12.8. The van der Waals surface area contributed by atoms with E-state index >= 15 is 0 Å². The summed E-state index contributed by atoms with van der Waals surface area (Å²) in [5, 5.41) is 26.5. The van der Waals surface area contributed by atoms with Crippen LogP contribution in [-0.2, 0) is 4.79 Å². The minimum Gasteiger partial charge on any atom is -0.354 e. The number of piperidine rings is 1. The van der Waals surface area contributed by atoms with Gasteiger partial charge in [0.25, 0.3) is 5.69 Å². The average molecular weight is 407 g/mol. The van der Waals surface area contributed by atoms with E-state index in [0.29, 0.717) is 23.6 Å². The number of nitrogens with zero attached hydrogens (tertiary/aromatic N) is 6. The van der Waals surface area contributed by atoms with Crippen molar-refractivity contribution in [2.75, 3.05) is 23.3 Å². The molecule has 0 aliphatic carbocycles. The molecule has 1 unspecified atom stereocenters. The minimum atomic E-state index is -0.448. The second-order valence-electron chi connectivity index (χ2n) is 7.23. The van der Waals surface area contributed by atoms with Gasteiger partial charge in [-0.1, -0.05) is 0 Å². The van der Waals surface area contributed by atoms with Gasteiger partial charge in [-0.3, -0.25) is 14.9 Å². The third-order valence-corrected chi connectivity index (χ3v) is 5.17. The standard InChI is InChI=1S/C20H21N7O3/c1-14-12-16(27(29)30)5-6-17(14)22-20(28)15-4-2-10-25(13-15)18-7-8-19(24-23-18)26-11-3-9-21-26/h3,5-9,11-12,15H,2,4,10,13H2,1H3,(H,22,28). The summed E-state index contributed by atoms with van der Waals surface area (Å²) >= 11 is 0. The number of nitro groups is 1. The first kappa shape index (κ1) is 19.5. The van der Waals surface area contributed by atoms with Crippen LogP contribution in [0.1, 0.15) is 18.4 Å². The Labute approximate surface area is 172 Å². The van der Waals surface area contributed by atoms with Gasteiger partial charge in [-0.15, -0.1) is 10.2 Å². The van der Waals surface area contributed by atoms with Crippen molar-refractivity contribution in [2.45, 2.75) is 19.8 Å². The number of benzene rings is 1. The van der Waals surface area contributed by atoms with Crippen LogP contribution in [0.2, 0.25) is 0 Å². The molecule has 1 aliphatic rings. The molecular formula is C20H21N7O3.